The second kappa shape index (κ2) is 13.0. The fourth-order valence-electron chi connectivity index (χ4n) is 8.41. The molecule has 0 N–H and O–H groups in total. The second-order valence-electron chi connectivity index (χ2n) is 14.0. The molecule has 11 rings (SSSR count). The summed E-state index contributed by atoms with van der Waals surface area (Å²) < 4.78 is 4.43. The van der Waals surface area contributed by atoms with E-state index in [-0.39, 0.29) is 0 Å². The van der Waals surface area contributed by atoms with Crippen LogP contribution < -0.4 is 0 Å². The number of nitrogens with zero attached hydrogens (tertiary/aromatic N) is 5. The SMILES string of the molecule is c1ccc(-c2nc(-n3c4ccccc4c4ccccc4c4ccccc4c4ccccc43)nc(-n3c4ccccc4c4c(-c5ccccc5)cccc43)n2)cc1. The molecular weight excluding hydrogens is 683 g/mol. The summed E-state index contributed by atoms with van der Waals surface area (Å²) in [7, 11) is 0. The smallest absolute Gasteiger partial charge is 0.240 e. The molecule has 0 bridgehead atoms. The summed E-state index contributed by atoms with van der Waals surface area (Å²) in [5.74, 6) is 1.66. The minimum absolute atomic E-state index is 0.524. The van der Waals surface area contributed by atoms with Crippen molar-refractivity contribution in [1.29, 1.82) is 0 Å². The Labute approximate surface area is 322 Å². The van der Waals surface area contributed by atoms with Crippen molar-refractivity contribution >= 4 is 65.2 Å². The number of rotatable bonds is 4. The summed E-state index contributed by atoms with van der Waals surface area (Å²) >= 11 is 0. The van der Waals surface area contributed by atoms with Crippen LogP contribution in [0.15, 0.2) is 200 Å². The lowest BCUT2D eigenvalue weighted by Gasteiger charge is -2.15. The average Bonchev–Trinajstić information content (AvgIpc) is 3.63. The fourth-order valence-corrected chi connectivity index (χ4v) is 8.41. The van der Waals surface area contributed by atoms with E-state index in [4.69, 9.17) is 15.0 Å². The number of hydrogen-bond donors (Lipinski definition) is 0. The van der Waals surface area contributed by atoms with E-state index >= 15 is 0 Å². The fraction of sp³-hybridized carbons (Fsp3) is 0. The van der Waals surface area contributed by atoms with Crippen molar-refractivity contribution in [3.63, 3.8) is 0 Å². The van der Waals surface area contributed by atoms with Gasteiger partial charge in [-0.05, 0) is 56.9 Å². The summed E-state index contributed by atoms with van der Waals surface area (Å²) in [6.45, 7) is 0. The van der Waals surface area contributed by atoms with Crippen molar-refractivity contribution in [3.8, 4) is 34.4 Å². The van der Waals surface area contributed by atoms with Gasteiger partial charge < -0.3 is 0 Å². The molecule has 0 spiro atoms. The minimum Gasteiger partial charge on any atom is -0.278 e. The summed E-state index contributed by atoms with van der Waals surface area (Å²) in [5.41, 5.74) is 7.23. The first kappa shape index (κ1) is 31.9. The van der Waals surface area contributed by atoms with Gasteiger partial charge in [0.05, 0.1) is 22.1 Å². The van der Waals surface area contributed by atoms with Gasteiger partial charge >= 0.3 is 0 Å². The molecule has 0 unspecified atom stereocenters. The molecule has 0 atom stereocenters. The first-order valence-electron chi connectivity index (χ1n) is 18.9. The molecule has 0 amide bonds. The third-order valence-electron chi connectivity index (χ3n) is 10.8. The van der Waals surface area contributed by atoms with Gasteiger partial charge in [0.25, 0.3) is 0 Å². The van der Waals surface area contributed by atoms with Gasteiger partial charge in [-0.3, -0.25) is 9.13 Å². The Hall–Kier alpha value is -7.63. The van der Waals surface area contributed by atoms with Gasteiger partial charge in [0.15, 0.2) is 5.82 Å². The van der Waals surface area contributed by atoms with Crippen LogP contribution in [0, 0.1) is 0 Å². The van der Waals surface area contributed by atoms with Gasteiger partial charge in [-0.1, -0.05) is 176 Å². The highest BCUT2D eigenvalue weighted by Gasteiger charge is 2.21. The molecule has 262 valence electrons. The number of para-hydroxylation sites is 3. The standard InChI is InChI=1S/C51H33N5/c1-3-18-34(19-4-1)36-29-17-33-47-48(36)43-28-13-16-32-46(43)56(47)51-53-49(35-20-5-2-6-21-35)52-50(54-51)55-44-30-14-11-26-41(44)39-24-9-7-22-37(39)38-23-8-10-25-40(38)42-27-12-15-31-45(42)55/h1-33H. The maximum Gasteiger partial charge on any atom is 0.240 e. The van der Waals surface area contributed by atoms with Crippen molar-refractivity contribution in [3.05, 3.63) is 200 Å². The normalized spacial score (nSPS) is 11.6. The Bertz CT molecular complexity index is 3260. The lowest BCUT2D eigenvalue weighted by molar-refractivity contribution is 0.891. The molecule has 11 aromatic rings. The minimum atomic E-state index is 0.524. The Morgan fingerprint density at radius 1 is 0.268 bits per heavy atom. The lowest BCUT2D eigenvalue weighted by atomic mass is 9.99. The Balaban J connectivity index is 1.34. The topological polar surface area (TPSA) is 48.5 Å². The molecule has 0 radical (unpaired) electrons. The number of aromatic nitrogens is 5. The zero-order chi connectivity index (χ0) is 37.0. The lowest BCUT2D eigenvalue weighted by Crippen LogP contribution is -2.11. The maximum atomic E-state index is 5.51. The van der Waals surface area contributed by atoms with E-state index in [2.05, 4.69) is 191 Å². The van der Waals surface area contributed by atoms with Crippen LogP contribution in [0.1, 0.15) is 0 Å². The molecule has 0 saturated carbocycles. The van der Waals surface area contributed by atoms with Crippen LogP contribution in [0.5, 0.6) is 0 Å². The highest BCUT2D eigenvalue weighted by atomic mass is 15.3. The van der Waals surface area contributed by atoms with Crippen LogP contribution in [-0.2, 0) is 0 Å². The van der Waals surface area contributed by atoms with Crippen molar-refractivity contribution in [2.75, 3.05) is 0 Å². The molecule has 5 heteroatoms. The Kier molecular flexibility index (Phi) is 7.42. The van der Waals surface area contributed by atoms with Crippen LogP contribution in [-0.4, -0.2) is 24.1 Å². The summed E-state index contributed by atoms with van der Waals surface area (Å²) in [6, 6.07) is 70.4. The largest absolute Gasteiger partial charge is 0.278 e. The van der Waals surface area contributed by atoms with Gasteiger partial charge in [0.2, 0.25) is 11.9 Å². The van der Waals surface area contributed by atoms with Gasteiger partial charge in [0.1, 0.15) is 0 Å². The van der Waals surface area contributed by atoms with Crippen molar-refractivity contribution in [1.82, 2.24) is 24.1 Å². The first-order chi connectivity index (χ1) is 27.8. The number of fused-ring (bicyclic) bond motifs is 10. The van der Waals surface area contributed by atoms with Crippen LogP contribution in [0.25, 0.3) is 99.6 Å². The molecule has 3 aromatic heterocycles. The molecule has 56 heavy (non-hydrogen) atoms. The molecule has 8 aromatic carbocycles. The number of hydrogen-bond acceptors (Lipinski definition) is 3. The average molecular weight is 716 g/mol. The Morgan fingerprint density at radius 3 is 1.18 bits per heavy atom. The molecule has 0 aliphatic carbocycles. The highest BCUT2D eigenvalue weighted by molar-refractivity contribution is 6.19. The van der Waals surface area contributed by atoms with E-state index in [9.17, 15) is 0 Å². The third-order valence-corrected chi connectivity index (χ3v) is 10.8. The monoisotopic (exact) mass is 715 g/mol. The van der Waals surface area contributed by atoms with Crippen LogP contribution in [0.2, 0.25) is 0 Å². The molecule has 5 nitrogen and oxygen atoms in total. The molecular formula is C51H33N5. The summed E-state index contributed by atoms with van der Waals surface area (Å²) in [4.78, 5) is 16.2. The van der Waals surface area contributed by atoms with Gasteiger partial charge in [-0.15, -0.1) is 0 Å². The zero-order valence-electron chi connectivity index (χ0n) is 30.3. The predicted molar refractivity (Wildman–Crippen MR) is 232 cm³/mol. The van der Waals surface area contributed by atoms with E-state index < -0.39 is 0 Å². The molecule has 0 saturated heterocycles. The van der Waals surface area contributed by atoms with Crippen molar-refractivity contribution in [2.45, 2.75) is 0 Å². The number of benzene rings is 8. The van der Waals surface area contributed by atoms with E-state index in [0.717, 1.165) is 71.1 Å². The third kappa shape index (κ3) is 5.06. The van der Waals surface area contributed by atoms with E-state index in [1.807, 2.05) is 18.2 Å². The van der Waals surface area contributed by atoms with Gasteiger partial charge in [-0.25, -0.2) is 0 Å². The van der Waals surface area contributed by atoms with Crippen LogP contribution in [0.4, 0.5) is 0 Å². The quantitative estimate of drug-likeness (QED) is 0.182. The van der Waals surface area contributed by atoms with Gasteiger partial charge in [-0.2, -0.15) is 15.0 Å². The molecule has 0 aliphatic heterocycles. The molecule has 0 aliphatic rings. The van der Waals surface area contributed by atoms with Crippen molar-refractivity contribution in [2.24, 2.45) is 0 Å². The first-order valence-corrected chi connectivity index (χ1v) is 18.9. The summed E-state index contributed by atoms with van der Waals surface area (Å²) in [6.07, 6.45) is 0. The second-order valence-corrected chi connectivity index (χ2v) is 14.0. The van der Waals surface area contributed by atoms with Gasteiger partial charge in [0, 0.05) is 27.1 Å². The highest BCUT2D eigenvalue weighted by Crippen LogP contribution is 2.39. The molecule has 0 fully saturated rings. The Morgan fingerprint density at radius 2 is 0.643 bits per heavy atom. The van der Waals surface area contributed by atoms with Crippen molar-refractivity contribution < 1.29 is 0 Å². The maximum absolute atomic E-state index is 5.51. The van der Waals surface area contributed by atoms with Crippen LogP contribution >= 0.6 is 0 Å². The predicted octanol–water partition coefficient (Wildman–Crippen LogP) is 12.8. The van der Waals surface area contributed by atoms with Crippen LogP contribution in [0.3, 0.4) is 0 Å². The van der Waals surface area contributed by atoms with E-state index in [1.54, 1.807) is 0 Å². The van der Waals surface area contributed by atoms with E-state index in [0.29, 0.717) is 17.7 Å². The zero-order valence-corrected chi connectivity index (χ0v) is 30.3. The van der Waals surface area contributed by atoms with E-state index in [1.165, 1.54) is 10.8 Å². The molecule has 3 heterocycles. The summed E-state index contributed by atoms with van der Waals surface area (Å²) in [5, 5.41) is 9.09.